The van der Waals surface area contributed by atoms with Crippen molar-refractivity contribution in [3.8, 4) is 0 Å². The van der Waals surface area contributed by atoms with E-state index in [1.54, 1.807) is 6.33 Å². The van der Waals surface area contributed by atoms with Crippen molar-refractivity contribution in [1.29, 1.82) is 0 Å². The average molecular weight is 256 g/mol. The fourth-order valence-corrected chi connectivity index (χ4v) is 1.77. The molecule has 0 aliphatic rings. The van der Waals surface area contributed by atoms with E-state index >= 15 is 0 Å². The molecule has 1 aromatic carbocycles. The first-order valence-electron chi connectivity index (χ1n) is 6.52. The molecule has 2 rings (SSSR count). The molecule has 0 saturated heterocycles. The molecule has 0 amide bonds. The number of aromatic nitrogens is 2. The minimum Gasteiger partial charge on any atom is -0.366 e. The van der Waals surface area contributed by atoms with Crippen LogP contribution < -0.4 is 11.1 Å². The third-order valence-corrected chi connectivity index (χ3v) is 3.01. The Morgan fingerprint density at radius 3 is 2.42 bits per heavy atom. The van der Waals surface area contributed by atoms with E-state index in [-0.39, 0.29) is 0 Å². The molecule has 0 saturated carbocycles. The summed E-state index contributed by atoms with van der Waals surface area (Å²) < 4.78 is 0. The first-order valence-corrected chi connectivity index (χ1v) is 6.52. The molecule has 0 unspecified atom stereocenters. The fourth-order valence-electron chi connectivity index (χ4n) is 1.77. The Kier molecular flexibility index (Phi) is 4.47. The largest absolute Gasteiger partial charge is 0.366 e. The molecule has 100 valence electrons. The molecule has 0 bridgehead atoms. The Balaban J connectivity index is 1.99. The molecule has 1 aromatic heterocycles. The van der Waals surface area contributed by atoms with Crippen molar-refractivity contribution >= 4 is 5.82 Å². The van der Waals surface area contributed by atoms with Gasteiger partial charge in [0.25, 0.3) is 0 Å². The van der Waals surface area contributed by atoms with Crippen molar-refractivity contribution < 1.29 is 0 Å². The quantitative estimate of drug-likeness (QED) is 0.863. The minimum absolute atomic E-state index is 0.410. The monoisotopic (exact) mass is 256 g/mol. The zero-order valence-corrected chi connectivity index (χ0v) is 11.4. The smallest absolute Gasteiger partial charge is 0.129 e. The summed E-state index contributed by atoms with van der Waals surface area (Å²) in [6.07, 6.45) is 1.61. The maximum Gasteiger partial charge on any atom is 0.129 e. The standard InChI is InChI=1S/C15H20N4/c1-11(2)14-7-15(19-10-18-14)17-9-13-5-3-12(8-16)4-6-13/h3-7,10-11H,8-9,16H2,1-2H3,(H,17,18,19). The molecule has 0 aliphatic heterocycles. The summed E-state index contributed by atoms with van der Waals surface area (Å²) >= 11 is 0. The average Bonchev–Trinajstić information content (AvgIpc) is 2.46. The normalized spacial score (nSPS) is 10.7. The second kappa shape index (κ2) is 6.29. The van der Waals surface area contributed by atoms with Gasteiger partial charge < -0.3 is 11.1 Å². The van der Waals surface area contributed by atoms with Gasteiger partial charge in [0.05, 0.1) is 0 Å². The Bertz CT molecular complexity index is 520. The Morgan fingerprint density at radius 1 is 1.11 bits per heavy atom. The van der Waals surface area contributed by atoms with Crippen LogP contribution in [0, 0.1) is 0 Å². The van der Waals surface area contributed by atoms with E-state index in [4.69, 9.17) is 5.73 Å². The van der Waals surface area contributed by atoms with Crippen LogP contribution in [0.15, 0.2) is 36.7 Å². The highest BCUT2D eigenvalue weighted by Gasteiger charge is 2.02. The van der Waals surface area contributed by atoms with E-state index in [9.17, 15) is 0 Å². The van der Waals surface area contributed by atoms with Gasteiger partial charge >= 0.3 is 0 Å². The van der Waals surface area contributed by atoms with Crippen LogP contribution in [-0.4, -0.2) is 9.97 Å². The van der Waals surface area contributed by atoms with Crippen molar-refractivity contribution in [3.05, 3.63) is 53.5 Å². The van der Waals surface area contributed by atoms with E-state index in [1.807, 2.05) is 6.07 Å². The highest BCUT2D eigenvalue weighted by Crippen LogP contribution is 2.14. The fraction of sp³-hybridized carbons (Fsp3) is 0.333. The molecule has 3 N–H and O–H groups in total. The molecule has 4 heteroatoms. The summed E-state index contributed by atoms with van der Waals surface area (Å²) in [6.45, 7) is 5.58. The first kappa shape index (κ1) is 13.5. The molecule has 0 spiro atoms. The predicted octanol–water partition coefficient (Wildman–Crippen LogP) is 2.67. The number of hydrogen-bond acceptors (Lipinski definition) is 4. The maximum atomic E-state index is 5.58. The van der Waals surface area contributed by atoms with E-state index in [0.29, 0.717) is 12.5 Å². The Hall–Kier alpha value is -1.94. The summed E-state index contributed by atoms with van der Waals surface area (Å²) in [5.41, 5.74) is 8.99. The lowest BCUT2D eigenvalue weighted by Gasteiger charge is -2.09. The van der Waals surface area contributed by atoms with Crippen LogP contribution in [0.2, 0.25) is 0 Å². The molecule has 0 fully saturated rings. The number of nitrogens with one attached hydrogen (secondary N) is 1. The van der Waals surface area contributed by atoms with Crippen LogP contribution in [-0.2, 0) is 13.1 Å². The van der Waals surface area contributed by atoms with Crippen molar-refractivity contribution in [1.82, 2.24) is 9.97 Å². The lowest BCUT2D eigenvalue weighted by molar-refractivity contribution is 0.814. The molecule has 4 nitrogen and oxygen atoms in total. The Morgan fingerprint density at radius 2 is 1.79 bits per heavy atom. The van der Waals surface area contributed by atoms with Gasteiger partial charge in [-0.3, -0.25) is 0 Å². The van der Waals surface area contributed by atoms with Crippen molar-refractivity contribution in [2.24, 2.45) is 5.73 Å². The molecular formula is C15H20N4. The van der Waals surface area contributed by atoms with Crippen LogP contribution in [0.25, 0.3) is 0 Å². The highest BCUT2D eigenvalue weighted by atomic mass is 15.0. The molecule has 1 heterocycles. The Labute approximate surface area is 114 Å². The van der Waals surface area contributed by atoms with Gasteiger partial charge in [0.1, 0.15) is 12.1 Å². The first-order chi connectivity index (χ1) is 9.19. The van der Waals surface area contributed by atoms with Crippen LogP contribution in [0.1, 0.15) is 36.6 Å². The van der Waals surface area contributed by atoms with Gasteiger partial charge in [0.15, 0.2) is 0 Å². The molecule has 19 heavy (non-hydrogen) atoms. The van der Waals surface area contributed by atoms with Crippen LogP contribution in [0.3, 0.4) is 0 Å². The van der Waals surface area contributed by atoms with E-state index in [2.05, 4.69) is 53.4 Å². The summed E-state index contributed by atoms with van der Waals surface area (Å²) in [5.74, 6) is 1.27. The van der Waals surface area contributed by atoms with Gasteiger partial charge in [-0.05, 0) is 17.0 Å². The number of benzene rings is 1. The summed E-state index contributed by atoms with van der Waals surface area (Å²) in [7, 11) is 0. The second-order valence-corrected chi connectivity index (χ2v) is 4.86. The van der Waals surface area contributed by atoms with E-state index in [0.717, 1.165) is 23.6 Å². The van der Waals surface area contributed by atoms with Gasteiger partial charge in [-0.15, -0.1) is 0 Å². The van der Waals surface area contributed by atoms with Crippen molar-refractivity contribution in [2.45, 2.75) is 32.9 Å². The molecule has 0 atom stereocenters. The topological polar surface area (TPSA) is 63.8 Å². The van der Waals surface area contributed by atoms with Gasteiger partial charge in [0.2, 0.25) is 0 Å². The molecule has 0 radical (unpaired) electrons. The molecule has 0 aliphatic carbocycles. The van der Waals surface area contributed by atoms with Gasteiger partial charge in [0, 0.05) is 24.8 Å². The number of anilines is 1. The lowest BCUT2D eigenvalue weighted by atomic mass is 10.1. The van der Waals surface area contributed by atoms with E-state index < -0.39 is 0 Å². The zero-order chi connectivity index (χ0) is 13.7. The predicted molar refractivity (Wildman–Crippen MR) is 77.8 cm³/mol. The van der Waals surface area contributed by atoms with Gasteiger partial charge in [-0.2, -0.15) is 0 Å². The van der Waals surface area contributed by atoms with Gasteiger partial charge in [-0.25, -0.2) is 9.97 Å². The third-order valence-electron chi connectivity index (χ3n) is 3.01. The van der Waals surface area contributed by atoms with Crippen molar-refractivity contribution in [3.63, 3.8) is 0 Å². The SMILES string of the molecule is CC(C)c1cc(NCc2ccc(CN)cc2)ncn1. The number of rotatable bonds is 5. The summed E-state index contributed by atoms with van der Waals surface area (Å²) in [4.78, 5) is 8.48. The highest BCUT2D eigenvalue weighted by molar-refractivity contribution is 5.37. The van der Waals surface area contributed by atoms with Gasteiger partial charge in [-0.1, -0.05) is 38.1 Å². The van der Waals surface area contributed by atoms with Crippen LogP contribution >= 0.6 is 0 Å². The number of nitrogens with zero attached hydrogens (tertiary/aromatic N) is 2. The number of hydrogen-bond donors (Lipinski definition) is 2. The maximum absolute atomic E-state index is 5.58. The van der Waals surface area contributed by atoms with Crippen molar-refractivity contribution in [2.75, 3.05) is 5.32 Å². The zero-order valence-electron chi connectivity index (χ0n) is 11.4. The number of nitrogens with two attached hydrogens (primary N) is 1. The molecular weight excluding hydrogens is 236 g/mol. The molecule has 2 aromatic rings. The third kappa shape index (κ3) is 3.76. The lowest BCUT2D eigenvalue weighted by Crippen LogP contribution is -2.04. The minimum atomic E-state index is 0.410. The summed E-state index contributed by atoms with van der Waals surface area (Å²) in [6, 6.07) is 10.3. The van der Waals surface area contributed by atoms with E-state index in [1.165, 1.54) is 5.56 Å². The summed E-state index contributed by atoms with van der Waals surface area (Å²) in [5, 5.41) is 3.31. The van der Waals surface area contributed by atoms with Crippen LogP contribution in [0.4, 0.5) is 5.82 Å². The second-order valence-electron chi connectivity index (χ2n) is 4.86. The van der Waals surface area contributed by atoms with Crippen LogP contribution in [0.5, 0.6) is 0 Å².